The van der Waals surface area contributed by atoms with Crippen molar-refractivity contribution < 1.29 is 5.11 Å². The maximum absolute atomic E-state index is 11.2. The molecule has 5 rings (SSSR count). The molecule has 36 heavy (non-hydrogen) atoms. The third kappa shape index (κ3) is 4.89. The van der Waals surface area contributed by atoms with Crippen LogP contribution in [0.25, 0.3) is 0 Å². The molecule has 0 saturated heterocycles. The zero-order valence-electron chi connectivity index (χ0n) is 23.8. The smallest absolute Gasteiger partial charge is 0.0574 e. The molecule has 0 unspecified atom stereocenters. The van der Waals surface area contributed by atoms with Crippen molar-refractivity contribution in [3.63, 3.8) is 0 Å². The summed E-state index contributed by atoms with van der Waals surface area (Å²) in [5.41, 5.74) is 2.40. The molecule has 0 radical (unpaired) electrons. The van der Waals surface area contributed by atoms with Crippen molar-refractivity contribution in [2.75, 3.05) is 0 Å². The molecular weight excluding hydrogens is 504 g/mol. The Hall–Kier alpha value is -0.340. The summed E-state index contributed by atoms with van der Waals surface area (Å²) in [5.74, 6) is 6.55. The second-order valence-corrected chi connectivity index (χ2v) is 15.6. The van der Waals surface area contributed by atoms with Crippen LogP contribution < -0.4 is 0 Å². The number of aliphatic hydroxyl groups is 1. The van der Waals surface area contributed by atoms with Crippen molar-refractivity contribution in [3.05, 3.63) is 34.3 Å². The molecule has 2 heteroatoms. The Morgan fingerprint density at radius 1 is 0.833 bits per heavy atom. The van der Waals surface area contributed by atoms with Gasteiger partial charge >= 0.3 is 0 Å². The molecule has 1 aromatic rings. The van der Waals surface area contributed by atoms with E-state index in [1.165, 1.54) is 69.8 Å². The molecule has 0 aliphatic heterocycles. The summed E-state index contributed by atoms with van der Waals surface area (Å²) in [6.07, 6.45) is 16.1. The van der Waals surface area contributed by atoms with Crippen LogP contribution in [0.2, 0.25) is 0 Å². The Labute approximate surface area is 230 Å². The van der Waals surface area contributed by atoms with Crippen LogP contribution in [-0.2, 0) is 6.42 Å². The monoisotopic (exact) mass is 556 g/mol. The lowest BCUT2D eigenvalue weighted by Crippen LogP contribution is -2.57. The Kier molecular flexibility index (Phi) is 8.07. The molecule has 0 bridgehead atoms. The number of hydrogen-bond donors (Lipinski definition) is 1. The van der Waals surface area contributed by atoms with E-state index in [1.807, 2.05) is 0 Å². The fraction of sp³-hybridized carbons (Fsp3) is 0.824. The summed E-state index contributed by atoms with van der Waals surface area (Å²) in [6.45, 7) is 12.7. The minimum Gasteiger partial charge on any atom is -0.393 e. The highest BCUT2D eigenvalue weighted by atomic mass is 79.9. The number of aliphatic hydroxyl groups excluding tert-OH is 1. The molecule has 0 aromatic heterocycles. The maximum atomic E-state index is 11.2. The highest BCUT2D eigenvalue weighted by Gasteiger charge is 2.61. The van der Waals surface area contributed by atoms with E-state index in [9.17, 15) is 5.11 Å². The standard InChI is InChI=1S/C34H53BrO/c1-22(2)7-6-8-23(3)28-15-16-29-26-13-14-30-27(21-24-9-11-25(35)12-10-24)32(36)18-20-34(30,5)31(26)17-19-33(28,29)4/h9-12,22-23,26-32,36H,6-8,13-21H2,1-5H3/t23-,26+,27+,28-,29+,30+,31+,32+,33-,34+/m1/s1. The van der Waals surface area contributed by atoms with Gasteiger partial charge in [-0.3, -0.25) is 0 Å². The van der Waals surface area contributed by atoms with Gasteiger partial charge in [-0.15, -0.1) is 0 Å². The van der Waals surface area contributed by atoms with Gasteiger partial charge in [-0.05, 0) is 134 Å². The van der Waals surface area contributed by atoms with E-state index in [0.717, 1.165) is 52.8 Å². The number of halogens is 1. The molecule has 1 N–H and O–H groups in total. The third-order valence-electron chi connectivity index (χ3n) is 12.5. The van der Waals surface area contributed by atoms with Crippen LogP contribution in [0.5, 0.6) is 0 Å². The SMILES string of the molecule is CC(C)CCC[C@@H](C)[C@H]1CC[C@H]2[C@@H]3CC[C@H]4[C@H](Cc5ccc(Br)cc5)[C@@H](O)CC[C@]4(C)[C@H]3CC[C@]12C. The van der Waals surface area contributed by atoms with Crippen molar-refractivity contribution in [1.29, 1.82) is 0 Å². The average Bonchev–Trinajstić information content (AvgIpc) is 3.19. The van der Waals surface area contributed by atoms with Crippen molar-refractivity contribution >= 4 is 15.9 Å². The first-order valence-corrected chi connectivity index (χ1v) is 16.3. The van der Waals surface area contributed by atoms with Gasteiger partial charge in [-0.2, -0.15) is 0 Å². The van der Waals surface area contributed by atoms with E-state index in [2.05, 4.69) is 74.8 Å². The summed E-state index contributed by atoms with van der Waals surface area (Å²) in [6, 6.07) is 8.87. The van der Waals surface area contributed by atoms with Crippen molar-refractivity contribution in [3.8, 4) is 0 Å². The third-order valence-corrected chi connectivity index (χ3v) is 13.0. The highest BCUT2D eigenvalue weighted by Crippen LogP contribution is 2.69. The van der Waals surface area contributed by atoms with Crippen LogP contribution in [-0.4, -0.2) is 11.2 Å². The first-order chi connectivity index (χ1) is 17.1. The molecule has 0 amide bonds. The van der Waals surface area contributed by atoms with Gasteiger partial charge in [0.2, 0.25) is 0 Å². The largest absolute Gasteiger partial charge is 0.393 e. The van der Waals surface area contributed by atoms with Gasteiger partial charge in [0, 0.05) is 4.47 Å². The van der Waals surface area contributed by atoms with Crippen molar-refractivity contribution in [2.24, 2.45) is 58.2 Å². The van der Waals surface area contributed by atoms with Gasteiger partial charge in [0.05, 0.1) is 6.10 Å². The van der Waals surface area contributed by atoms with Gasteiger partial charge in [0.1, 0.15) is 0 Å². The van der Waals surface area contributed by atoms with Crippen molar-refractivity contribution in [1.82, 2.24) is 0 Å². The number of benzene rings is 1. The number of hydrogen-bond acceptors (Lipinski definition) is 1. The molecule has 4 saturated carbocycles. The lowest BCUT2D eigenvalue weighted by Gasteiger charge is -2.63. The fourth-order valence-corrected chi connectivity index (χ4v) is 11.0. The summed E-state index contributed by atoms with van der Waals surface area (Å²) in [4.78, 5) is 0. The van der Waals surface area contributed by atoms with Gasteiger partial charge < -0.3 is 5.11 Å². The van der Waals surface area contributed by atoms with E-state index in [-0.39, 0.29) is 6.10 Å². The fourth-order valence-electron chi connectivity index (χ4n) is 10.7. The van der Waals surface area contributed by atoms with E-state index in [1.54, 1.807) is 0 Å². The summed E-state index contributed by atoms with van der Waals surface area (Å²) >= 11 is 3.59. The first kappa shape index (κ1) is 27.2. The minimum absolute atomic E-state index is 0.125. The van der Waals surface area contributed by atoms with E-state index in [0.29, 0.717) is 22.7 Å². The van der Waals surface area contributed by atoms with Gasteiger partial charge in [-0.25, -0.2) is 0 Å². The van der Waals surface area contributed by atoms with Crippen LogP contribution in [0.3, 0.4) is 0 Å². The number of rotatable bonds is 7. The highest BCUT2D eigenvalue weighted by molar-refractivity contribution is 9.10. The van der Waals surface area contributed by atoms with Gasteiger partial charge in [0.15, 0.2) is 0 Å². The van der Waals surface area contributed by atoms with Crippen molar-refractivity contribution in [2.45, 2.75) is 118 Å². The predicted molar refractivity (Wildman–Crippen MR) is 156 cm³/mol. The quantitative estimate of drug-likeness (QED) is 0.354. The average molecular weight is 558 g/mol. The van der Waals surface area contributed by atoms with Crippen LogP contribution in [0.1, 0.15) is 111 Å². The Morgan fingerprint density at radius 2 is 1.50 bits per heavy atom. The zero-order valence-corrected chi connectivity index (χ0v) is 25.4. The normalized spacial score (nSPS) is 43.1. The van der Waals surface area contributed by atoms with Crippen LogP contribution >= 0.6 is 15.9 Å². The van der Waals surface area contributed by atoms with Gasteiger partial charge in [-0.1, -0.05) is 81.9 Å². The molecule has 4 aliphatic rings. The predicted octanol–water partition coefficient (Wildman–Crippen LogP) is 9.70. The van der Waals surface area contributed by atoms with E-state index >= 15 is 0 Å². The second kappa shape index (κ2) is 10.7. The lowest BCUT2D eigenvalue weighted by molar-refractivity contribution is -0.152. The molecule has 202 valence electrons. The molecule has 4 fully saturated rings. The summed E-state index contributed by atoms with van der Waals surface area (Å²) in [5, 5.41) is 11.2. The molecular formula is C34H53BrO. The molecule has 1 nitrogen and oxygen atoms in total. The second-order valence-electron chi connectivity index (χ2n) is 14.7. The Bertz CT molecular complexity index is 878. The van der Waals surface area contributed by atoms with Crippen LogP contribution in [0.15, 0.2) is 28.7 Å². The topological polar surface area (TPSA) is 20.2 Å². The van der Waals surface area contributed by atoms with Crippen LogP contribution in [0, 0.1) is 58.2 Å². The summed E-state index contributed by atoms with van der Waals surface area (Å²) < 4.78 is 1.15. The zero-order chi connectivity index (χ0) is 25.7. The van der Waals surface area contributed by atoms with E-state index in [4.69, 9.17) is 0 Å². The van der Waals surface area contributed by atoms with Crippen LogP contribution in [0.4, 0.5) is 0 Å². The first-order valence-electron chi connectivity index (χ1n) is 15.6. The number of fused-ring (bicyclic) bond motifs is 5. The Balaban J connectivity index is 1.31. The van der Waals surface area contributed by atoms with Gasteiger partial charge in [0.25, 0.3) is 0 Å². The maximum Gasteiger partial charge on any atom is 0.0574 e. The molecule has 0 spiro atoms. The Morgan fingerprint density at radius 3 is 2.22 bits per heavy atom. The van der Waals surface area contributed by atoms with E-state index < -0.39 is 0 Å². The summed E-state index contributed by atoms with van der Waals surface area (Å²) in [7, 11) is 0. The molecule has 1 aromatic carbocycles. The minimum atomic E-state index is -0.125. The molecule has 0 heterocycles. The molecule has 4 aliphatic carbocycles. The lowest BCUT2D eigenvalue weighted by atomic mass is 9.42. The molecule has 10 atom stereocenters.